The summed E-state index contributed by atoms with van der Waals surface area (Å²) in [6.45, 7) is 5.85. The molecule has 5 nitrogen and oxygen atoms in total. The van der Waals surface area contributed by atoms with E-state index in [1.54, 1.807) is 13.2 Å². The predicted octanol–water partition coefficient (Wildman–Crippen LogP) is 3.31. The maximum atomic E-state index is 13.5. The van der Waals surface area contributed by atoms with Gasteiger partial charge in [-0.1, -0.05) is 6.07 Å². The van der Waals surface area contributed by atoms with E-state index in [2.05, 4.69) is 31.6 Å². The van der Waals surface area contributed by atoms with E-state index in [0.717, 1.165) is 25.1 Å². The van der Waals surface area contributed by atoms with E-state index in [1.165, 1.54) is 6.07 Å². The maximum Gasteiger partial charge on any atom is 0.191 e. The summed E-state index contributed by atoms with van der Waals surface area (Å²) in [5.74, 6) is 0.441. The summed E-state index contributed by atoms with van der Waals surface area (Å²) < 4.78 is 24.2. The second kappa shape index (κ2) is 14.9. The Morgan fingerprint density at radius 3 is 2.71 bits per heavy atom. The summed E-state index contributed by atoms with van der Waals surface area (Å²) in [7, 11) is 1.65. The van der Waals surface area contributed by atoms with Gasteiger partial charge >= 0.3 is 0 Å². The molecule has 0 radical (unpaired) electrons. The number of rotatable bonds is 10. The van der Waals surface area contributed by atoms with Gasteiger partial charge in [-0.05, 0) is 47.0 Å². The molecule has 0 aromatic heterocycles. The normalized spacial score (nSPS) is 11.1. The Hall–Kier alpha value is -0.450. The highest BCUT2D eigenvalue weighted by atomic mass is 127. The van der Waals surface area contributed by atoms with Crippen molar-refractivity contribution in [2.24, 2.45) is 4.99 Å². The third kappa shape index (κ3) is 10.4. The summed E-state index contributed by atoms with van der Waals surface area (Å²) in [6.07, 6.45) is 0.876. The first kappa shape index (κ1) is 23.5. The summed E-state index contributed by atoms with van der Waals surface area (Å²) in [6, 6.07) is 5.03. The molecule has 0 aliphatic carbocycles. The molecule has 0 aliphatic rings. The van der Waals surface area contributed by atoms with E-state index in [-0.39, 0.29) is 29.8 Å². The van der Waals surface area contributed by atoms with Crippen LogP contribution in [-0.4, -0.2) is 46.0 Å². The molecule has 0 atom stereocenters. The van der Waals surface area contributed by atoms with Gasteiger partial charge in [0.2, 0.25) is 0 Å². The van der Waals surface area contributed by atoms with Gasteiger partial charge in [0.1, 0.15) is 5.82 Å². The zero-order chi connectivity index (χ0) is 16.9. The van der Waals surface area contributed by atoms with Crippen LogP contribution in [0.2, 0.25) is 0 Å². The van der Waals surface area contributed by atoms with Gasteiger partial charge in [0.25, 0.3) is 0 Å². The molecule has 0 spiro atoms. The van der Waals surface area contributed by atoms with Crippen LogP contribution >= 0.6 is 39.9 Å². The summed E-state index contributed by atoms with van der Waals surface area (Å²) in [5, 5.41) is 6.40. The molecule has 0 amide bonds. The van der Waals surface area contributed by atoms with E-state index in [1.807, 2.05) is 13.0 Å². The minimum absolute atomic E-state index is 0. The van der Waals surface area contributed by atoms with Crippen LogP contribution in [0, 0.1) is 5.82 Å². The van der Waals surface area contributed by atoms with Crippen LogP contribution in [0.15, 0.2) is 27.7 Å². The van der Waals surface area contributed by atoms with Crippen LogP contribution in [-0.2, 0) is 16.0 Å². The molecule has 2 N–H and O–H groups in total. The highest BCUT2D eigenvalue weighted by molar-refractivity contribution is 14.0. The maximum absolute atomic E-state index is 13.5. The van der Waals surface area contributed by atoms with Crippen LogP contribution in [0.4, 0.5) is 4.39 Å². The van der Waals surface area contributed by atoms with Gasteiger partial charge in [-0.25, -0.2) is 9.38 Å². The topological polar surface area (TPSA) is 54.9 Å². The number of methoxy groups -OCH3 is 1. The first-order valence-electron chi connectivity index (χ1n) is 7.70. The van der Waals surface area contributed by atoms with Crippen molar-refractivity contribution in [3.63, 3.8) is 0 Å². The van der Waals surface area contributed by atoms with Crippen LogP contribution in [0.5, 0.6) is 0 Å². The average molecular weight is 518 g/mol. The fraction of sp³-hybridized carbons (Fsp3) is 0.562. The lowest BCUT2D eigenvalue weighted by atomic mass is 10.2. The number of ether oxygens (including phenoxy) is 2. The van der Waals surface area contributed by atoms with Crippen LogP contribution < -0.4 is 10.6 Å². The Labute approximate surface area is 168 Å². The molecule has 1 aromatic rings. The van der Waals surface area contributed by atoms with Crippen LogP contribution in [0.25, 0.3) is 0 Å². The van der Waals surface area contributed by atoms with Gasteiger partial charge in [-0.15, -0.1) is 24.0 Å². The smallest absolute Gasteiger partial charge is 0.191 e. The molecule has 0 aliphatic heterocycles. The molecule has 0 saturated carbocycles. The number of nitrogens with zero attached hydrogens (tertiary/aromatic N) is 1. The summed E-state index contributed by atoms with van der Waals surface area (Å²) >= 11 is 3.14. The first-order chi connectivity index (χ1) is 11.2. The van der Waals surface area contributed by atoms with Crippen molar-refractivity contribution in [2.75, 3.05) is 40.0 Å². The number of halogens is 3. The van der Waals surface area contributed by atoms with Crippen molar-refractivity contribution in [1.29, 1.82) is 0 Å². The highest BCUT2D eigenvalue weighted by Crippen LogP contribution is 2.16. The molecule has 138 valence electrons. The van der Waals surface area contributed by atoms with Gasteiger partial charge in [-0.2, -0.15) is 0 Å². The van der Waals surface area contributed by atoms with Crippen LogP contribution in [0.3, 0.4) is 0 Å². The molecule has 24 heavy (non-hydrogen) atoms. The van der Waals surface area contributed by atoms with Crippen LogP contribution in [0.1, 0.15) is 18.9 Å². The Balaban J connectivity index is 0.00000529. The third-order valence-corrected chi connectivity index (χ3v) is 3.58. The van der Waals surface area contributed by atoms with E-state index in [4.69, 9.17) is 9.47 Å². The SMILES string of the molecule is CCNC(=NCc1ccc(Br)c(F)c1)NCCCOCCOC.I. The van der Waals surface area contributed by atoms with Crippen molar-refractivity contribution in [2.45, 2.75) is 19.9 Å². The second-order valence-corrected chi connectivity index (χ2v) is 5.68. The van der Waals surface area contributed by atoms with E-state index >= 15 is 0 Å². The molecule has 0 fully saturated rings. The molecule has 8 heteroatoms. The fourth-order valence-electron chi connectivity index (χ4n) is 1.78. The third-order valence-electron chi connectivity index (χ3n) is 2.94. The fourth-order valence-corrected chi connectivity index (χ4v) is 2.02. The molecule has 1 aromatic carbocycles. The predicted molar refractivity (Wildman–Crippen MR) is 110 cm³/mol. The standard InChI is InChI=1S/C16H25BrFN3O2.HI/c1-3-19-16(20-7-4-8-23-10-9-22-2)21-12-13-5-6-14(17)15(18)11-13;/h5-6,11H,3-4,7-10,12H2,1-2H3,(H2,19,20,21);1H. The van der Waals surface area contributed by atoms with Gasteiger partial charge in [0, 0.05) is 26.8 Å². The van der Waals surface area contributed by atoms with Crippen molar-refractivity contribution in [3.05, 3.63) is 34.1 Å². The van der Waals surface area contributed by atoms with Gasteiger partial charge < -0.3 is 20.1 Å². The lowest BCUT2D eigenvalue weighted by Crippen LogP contribution is -2.38. The Kier molecular flexibility index (Phi) is 14.6. The largest absolute Gasteiger partial charge is 0.382 e. The molecule has 0 heterocycles. The number of guanidine groups is 1. The average Bonchev–Trinajstić information content (AvgIpc) is 2.54. The van der Waals surface area contributed by atoms with E-state index < -0.39 is 0 Å². The zero-order valence-electron chi connectivity index (χ0n) is 14.1. The van der Waals surface area contributed by atoms with Gasteiger partial charge in [0.05, 0.1) is 24.2 Å². The molecule has 0 saturated heterocycles. The quantitative estimate of drug-likeness (QED) is 0.216. The second-order valence-electron chi connectivity index (χ2n) is 4.83. The van der Waals surface area contributed by atoms with Crippen molar-refractivity contribution in [1.82, 2.24) is 10.6 Å². The number of benzene rings is 1. The lowest BCUT2D eigenvalue weighted by molar-refractivity contribution is 0.0698. The van der Waals surface area contributed by atoms with Crippen molar-refractivity contribution in [3.8, 4) is 0 Å². The zero-order valence-corrected chi connectivity index (χ0v) is 18.0. The molecule has 1 rings (SSSR count). The summed E-state index contributed by atoms with van der Waals surface area (Å²) in [5.41, 5.74) is 0.825. The molecular weight excluding hydrogens is 492 g/mol. The van der Waals surface area contributed by atoms with Crippen molar-refractivity contribution >= 4 is 45.9 Å². The van der Waals surface area contributed by atoms with Crippen molar-refractivity contribution < 1.29 is 13.9 Å². The molecule has 0 bridgehead atoms. The Morgan fingerprint density at radius 1 is 1.25 bits per heavy atom. The highest BCUT2D eigenvalue weighted by Gasteiger charge is 2.01. The molecule has 0 unspecified atom stereocenters. The van der Waals surface area contributed by atoms with E-state index in [0.29, 0.717) is 36.8 Å². The Morgan fingerprint density at radius 2 is 2.04 bits per heavy atom. The molecular formula is C16H26BrFIN3O2. The summed E-state index contributed by atoms with van der Waals surface area (Å²) in [4.78, 5) is 4.45. The minimum atomic E-state index is -0.274. The first-order valence-corrected chi connectivity index (χ1v) is 8.49. The number of hydrogen-bond acceptors (Lipinski definition) is 3. The van der Waals surface area contributed by atoms with E-state index in [9.17, 15) is 4.39 Å². The number of hydrogen-bond donors (Lipinski definition) is 2. The monoisotopic (exact) mass is 517 g/mol. The Bertz CT molecular complexity index is 492. The minimum Gasteiger partial charge on any atom is -0.382 e. The number of nitrogens with one attached hydrogen (secondary N) is 2. The number of aliphatic imine (C=N–C) groups is 1. The van der Waals surface area contributed by atoms with Gasteiger partial charge in [0.15, 0.2) is 5.96 Å². The lowest BCUT2D eigenvalue weighted by Gasteiger charge is -2.11. The van der Waals surface area contributed by atoms with Gasteiger partial charge in [-0.3, -0.25) is 0 Å².